The molecule has 2 aliphatic heterocycles. The van der Waals surface area contributed by atoms with Crippen LogP contribution in [-0.2, 0) is 28.1 Å². The summed E-state index contributed by atoms with van der Waals surface area (Å²) in [7, 11) is 0. The van der Waals surface area contributed by atoms with Gasteiger partial charge in [-0.15, -0.1) is 0 Å². The van der Waals surface area contributed by atoms with Gasteiger partial charge >= 0.3 is 6.03 Å². The van der Waals surface area contributed by atoms with Crippen LogP contribution in [0.2, 0.25) is 0 Å². The summed E-state index contributed by atoms with van der Waals surface area (Å²) in [5, 5.41) is 5.43. The molecule has 0 aromatic heterocycles. The third-order valence-corrected chi connectivity index (χ3v) is 7.94. The maximum Gasteiger partial charge on any atom is 0.325 e. The fraction of sp³-hybridized carbons (Fsp3) is 0.345. The molecule has 3 aliphatic rings. The van der Waals surface area contributed by atoms with Crippen molar-refractivity contribution in [1.29, 1.82) is 0 Å². The highest BCUT2D eigenvalue weighted by Crippen LogP contribution is 2.39. The maximum atomic E-state index is 13.5. The van der Waals surface area contributed by atoms with Gasteiger partial charge in [0.2, 0.25) is 5.91 Å². The molecule has 1 aliphatic carbocycles. The van der Waals surface area contributed by atoms with E-state index in [1.54, 1.807) is 4.90 Å². The Bertz CT molecular complexity index is 1340. The smallest absolute Gasteiger partial charge is 0.325 e. The number of aryl methyl sites for hydroxylation is 1. The van der Waals surface area contributed by atoms with Crippen LogP contribution < -0.4 is 5.32 Å². The lowest BCUT2D eigenvalue weighted by Gasteiger charge is -2.35. The topological polar surface area (TPSA) is 73.0 Å². The Hall–Kier alpha value is -3.71. The molecule has 0 radical (unpaired) electrons. The third-order valence-electron chi connectivity index (χ3n) is 7.94. The van der Waals surface area contributed by atoms with Gasteiger partial charge in [-0.2, -0.15) is 0 Å². The zero-order valence-electron chi connectivity index (χ0n) is 20.3. The van der Waals surface area contributed by atoms with Crippen LogP contribution in [0.4, 0.5) is 4.79 Å². The maximum absolute atomic E-state index is 13.5. The van der Waals surface area contributed by atoms with E-state index < -0.39 is 11.6 Å². The molecule has 0 bridgehead atoms. The summed E-state index contributed by atoms with van der Waals surface area (Å²) in [4.78, 5) is 44.7. The predicted molar refractivity (Wildman–Crippen MR) is 137 cm³/mol. The van der Waals surface area contributed by atoms with Gasteiger partial charge in [-0.05, 0) is 46.7 Å². The van der Waals surface area contributed by atoms with Gasteiger partial charge in [0, 0.05) is 32.7 Å². The van der Waals surface area contributed by atoms with Crippen molar-refractivity contribution in [3.8, 4) is 0 Å². The lowest BCUT2D eigenvalue weighted by atomic mass is 9.76. The van der Waals surface area contributed by atoms with E-state index in [4.69, 9.17) is 0 Å². The summed E-state index contributed by atoms with van der Waals surface area (Å²) in [5.74, 6) is -0.480. The number of imide groups is 1. The Morgan fingerprint density at radius 3 is 2.50 bits per heavy atom. The average Bonchev–Trinajstić information content (AvgIpc) is 3.14. The molecule has 7 heteroatoms. The van der Waals surface area contributed by atoms with Gasteiger partial charge in [-0.1, -0.05) is 66.7 Å². The molecule has 1 N–H and O–H groups in total. The zero-order valence-corrected chi connectivity index (χ0v) is 20.3. The number of hydrogen-bond acceptors (Lipinski definition) is 4. The van der Waals surface area contributed by atoms with E-state index in [1.165, 1.54) is 16.3 Å². The van der Waals surface area contributed by atoms with Gasteiger partial charge in [-0.3, -0.25) is 19.4 Å². The molecule has 1 unspecified atom stereocenters. The van der Waals surface area contributed by atoms with Crippen LogP contribution in [0.1, 0.15) is 29.5 Å². The molecule has 2 heterocycles. The largest absolute Gasteiger partial charge is 0.339 e. The first-order valence-corrected chi connectivity index (χ1v) is 12.7. The Morgan fingerprint density at radius 1 is 0.889 bits per heavy atom. The second kappa shape index (κ2) is 9.06. The Labute approximate surface area is 210 Å². The number of hydrogen-bond donors (Lipinski definition) is 1. The van der Waals surface area contributed by atoms with Gasteiger partial charge in [0.05, 0.1) is 0 Å². The molecule has 4 amide bonds. The van der Waals surface area contributed by atoms with Crippen molar-refractivity contribution in [2.75, 3.05) is 32.7 Å². The van der Waals surface area contributed by atoms with Gasteiger partial charge in [0.25, 0.3) is 5.91 Å². The second-order valence-electron chi connectivity index (χ2n) is 10.0. The standard InChI is InChI=1S/C29H30N4O3/c34-26(20-33-27(35)29(30-28(33)36)14-6-11-22-8-2-4-13-25(22)29)32-17-15-31(16-18-32)19-23-10-5-9-21-7-1-3-12-24(21)23/h1-5,7-10,12-13H,6,11,14-20H2,(H,30,36). The number of carbonyl (C=O) groups is 3. The highest BCUT2D eigenvalue weighted by molar-refractivity contribution is 6.09. The molecule has 3 aromatic carbocycles. The molecule has 2 saturated heterocycles. The van der Waals surface area contributed by atoms with Crippen LogP contribution in [0.15, 0.2) is 66.7 Å². The number of nitrogens with zero attached hydrogens (tertiary/aromatic N) is 3. The Balaban J connectivity index is 1.10. The third kappa shape index (κ3) is 3.84. The van der Waals surface area contributed by atoms with Crippen molar-refractivity contribution in [3.63, 3.8) is 0 Å². The van der Waals surface area contributed by atoms with E-state index in [0.717, 1.165) is 48.5 Å². The molecule has 2 fully saturated rings. The fourth-order valence-corrected chi connectivity index (χ4v) is 6.02. The summed E-state index contributed by atoms with van der Waals surface area (Å²) in [5.41, 5.74) is 2.20. The minimum atomic E-state index is -1.04. The van der Waals surface area contributed by atoms with Crippen LogP contribution in [0, 0.1) is 0 Å². The van der Waals surface area contributed by atoms with Gasteiger partial charge in [0.15, 0.2) is 0 Å². The van der Waals surface area contributed by atoms with E-state index in [2.05, 4.69) is 52.7 Å². The number of carbonyl (C=O) groups excluding carboxylic acids is 3. The molecule has 184 valence electrons. The van der Waals surface area contributed by atoms with Crippen molar-refractivity contribution >= 4 is 28.6 Å². The first-order chi connectivity index (χ1) is 17.5. The lowest BCUT2D eigenvalue weighted by molar-refractivity contribution is -0.140. The molecular formula is C29H30N4O3. The van der Waals surface area contributed by atoms with Crippen molar-refractivity contribution in [3.05, 3.63) is 83.4 Å². The molecule has 36 heavy (non-hydrogen) atoms. The number of urea groups is 1. The molecule has 7 nitrogen and oxygen atoms in total. The van der Waals surface area contributed by atoms with E-state index in [0.29, 0.717) is 19.5 Å². The molecular weight excluding hydrogens is 452 g/mol. The SMILES string of the molecule is O=C(CN1C(=O)NC2(CCCc3ccccc32)C1=O)N1CCN(Cc2cccc3ccccc23)CC1. The van der Waals surface area contributed by atoms with Crippen molar-refractivity contribution in [1.82, 2.24) is 20.0 Å². The second-order valence-corrected chi connectivity index (χ2v) is 10.0. The minimum absolute atomic E-state index is 0.176. The first kappa shape index (κ1) is 22.7. The molecule has 0 saturated carbocycles. The zero-order chi connectivity index (χ0) is 24.7. The van der Waals surface area contributed by atoms with Crippen LogP contribution in [0.3, 0.4) is 0 Å². The summed E-state index contributed by atoms with van der Waals surface area (Å²) >= 11 is 0. The Morgan fingerprint density at radius 2 is 1.64 bits per heavy atom. The van der Waals surface area contributed by atoms with Gasteiger partial charge < -0.3 is 10.2 Å². The highest BCUT2D eigenvalue weighted by atomic mass is 16.2. The Kier molecular flexibility index (Phi) is 5.72. The monoisotopic (exact) mass is 482 g/mol. The van der Waals surface area contributed by atoms with E-state index in [9.17, 15) is 14.4 Å². The number of nitrogens with one attached hydrogen (secondary N) is 1. The summed E-state index contributed by atoms with van der Waals surface area (Å²) in [6.45, 7) is 3.30. The molecule has 1 atom stereocenters. The van der Waals surface area contributed by atoms with E-state index in [1.807, 2.05) is 24.3 Å². The summed E-state index contributed by atoms with van der Waals surface area (Å²) in [6.07, 6.45) is 2.28. The normalized spacial score (nSPS) is 22.2. The number of amides is 4. The number of piperazine rings is 1. The summed E-state index contributed by atoms with van der Waals surface area (Å²) in [6, 6.07) is 22.1. The van der Waals surface area contributed by atoms with Crippen LogP contribution in [0.5, 0.6) is 0 Å². The molecule has 1 spiro atoms. The van der Waals surface area contributed by atoms with Gasteiger partial charge in [-0.25, -0.2) is 4.79 Å². The first-order valence-electron chi connectivity index (χ1n) is 12.7. The van der Waals surface area contributed by atoms with E-state index in [-0.39, 0.29) is 18.4 Å². The average molecular weight is 483 g/mol. The van der Waals surface area contributed by atoms with Crippen molar-refractivity contribution in [2.24, 2.45) is 0 Å². The van der Waals surface area contributed by atoms with Crippen LogP contribution >= 0.6 is 0 Å². The summed E-state index contributed by atoms with van der Waals surface area (Å²) < 4.78 is 0. The lowest BCUT2D eigenvalue weighted by Crippen LogP contribution is -2.52. The number of rotatable bonds is 4. The van der Waals surface area contributed by atoms with Crippen LogP contribution in [0.25, 0.3) is 10.8 Å². The predicted octanol–water partition coefficient (Wildman–Crippen LogP) is 3.27. The quantitative estimate of drug-likeness (QED) is 0.580. The number of fused-ring (bicyclic) bond motifs is 3. The minimum Gasteiger partial charge on any atom is -0.339 e. The highest BCUT2D eigenvalue weighted by Gasteiger charge is 2.54. The fourth-order valence-electron chi connectivity index (χ4n) is 6.02. The van der Waals surface area contributed by atoms with Crippen molar-refractivity contribution in [2.45, 2.75) is 31.3 Å². The van der Waals surface area contributed by atoms with Gasteiger partial charge in [0.1, 0.15) is 12.1 Å². The van der Waals surface area contributed by atoms with Crippen molar-refractivity contribution < 1.29 is 14.4 Å². The van der Waals surface area contributed by atoms with E-state index >= 15 is 0 Å². The van der Waals surface area contributed by atoms with Crippen LogP contribution in [-0.4, -0.2) is 65.3 Å². The number of benzene rings is 3. The molecule has 3 aromatic rings. The molecule has 6 rings (SSSR count).